The predicted octanol–water partition coefficient (Wildman–Crippen LogP) is 4.10. The van der Waals surface area contributed by atoms with Crippen LogP contribution >= 0.6 is 11.3 Å². The standard InChI is InChI=1S/C27H39N3O3S/c1-17-12-13-34-22(17)19-10-8-18(9-11-19)15-28-24(32)21-14-20(31)16-30(21)25(33)23(26(2,3)4)29-27(5,6)7/h8-13,20-21,23,29,31H,14-16H2,1-7H3,(H,28,32)/t20-,21+,23-/m1/s1. The average molecular weight is 486 g/mol. The van der Waals surface area contributed by atoms with Gasteiger partial charge < -0.3 is 20.6 Å². The van der Waals surface area contributed by atoms with E-state index in [9.17, 15) is 14.7 Å². The van der Waals surface area contributed by atoms with E-state index in [1.54, 1.807) is 16.2 Å². The molecule has 1 aliphatic heterocycles. The van der Waals surface area contributed by atoms with Gasteiger partial charge in [0.25, 0.3) is 0 Å². The summed E-state index contributed by atoms with van der Waals surface area (Å²) in [4.78, 5) is 29.5. The van der Waals surface area contributed by atoms with Gasteiger partial charge in [0.2, 0.25) is 11.8 Å². The molecule has 0 radical (unpaired) electrons. The summed E-state index contributed by atoms with van der Waals surface area (Å²) < 4.78 is 0. The van der Waals surface area contributed by atoms with Crippen molar-refractivity contribution in [3.05, 3.63) is 46.8 Å². The Balaban J connectivity index is 1.68. The molecule has 186 valence electrons. The maximum absolute atomic E-state index is 13.6. The van der Waals surface area contributed by atoms with Crippen molar-refractivity contribution >= 4 is 23.2 Å². The van der Waals surface area contributed by atoms with Crippen LogP contribution in [0.4, 0.5) is 0 Å². The molecule has 1 aromatic heterocycles. The number of aliphatic hydroxyl groups excluding tert-OH is 1. The molecule has 6 nitrogen and oxygen atoms in total. The Morgan fingerprint density at radius 2 is 1.76 bits per heavy atom. The number of rotatable bonds is 6. The van der Waals surface area contributed by atoms with E-state index in [0.29, 0.717) is 6.54 Å². The first-order valence-electron chi connectivity index (χ1n) is 11.9. The fourth-order valence-electron chi connectivity index (χ4n) is 4.30. The molecule has 0 aliphatic carbocycles. The number of nitrogens with one attached hydrogen (secondary N) is 2. The lowest BCUT2D eigenvalue weighted by Crippen LogP contribution is -2.60. The highest BCUT2D eigenvalue weighted by Gasteiger charge is 2.44. The largest absolute Gasteiger partial charge is 0.391 e. The van der Waals surface area contributed by atoms with Crippen LogP contribution < -0.4 is 10.6 Å². The lowest BCUT2D eigenvalue weighted by atomic mass is 9.84. The highest BCUT2D eigenvalue weighted by atomic mass is 32.1. The Kier molecular flexibility index (Phi) is 7.90. The maximum atomic E-state index is 13.6. The normalized spacial score (nSPS) is 19.8. The summed E-state index contributed by atoms with van der Waals surface area (Å²) in [6.45, 7) is 14.7. The number of thiophene rings is 1. The maximum Gasteiger partial charge on any atom is 0.243 e. The van der Waals surface area contributed by atoms with Gasteiger partial charge in [-0.1, -0.05) is 45.0 Å². The van der Waals surface area contributed by atoms with E-state index in [1.165, 1.54) is 10.4 Å². The number of aliphatic hydroxyl groups is 1. The topological polar surface area (TPSA) is 81.7 Å². The smallest absolute Gasteiger partial charge is 0.243 e. The summed E-state index contributed by atoms with van der Waals surface area (Å²) >= 11 is 1.72. The minimum atomic E-state index is -0.705. The quantitative estimate of drug-likeness (QED) is 0.575. The van der Waals surface area contributed by atoms with Crippen molar-refractivity contribution in [3.8, 4) is 10.4 Å². The molecule has 0 spiro atoms. The van der Waals surface area contributed by atoms with Gasteiger partial charge in [0.05, 0.1) is 12.1 Å². The van der Waals surface area contributed by atoms with Gasteiger partial charge in [-0.25, -0.2) is 0 Å². The molecule has 0 saturated carbocycles. The molecule has 1 aromatic carbocycles. The lowest BCUT2D eigenvalue weighted by molar-refractivity contribution is -0.142. The molecule has 7 heteroatoms. The van der Waals surface area contributed by atoms with E-state index in [0.717, 1.165) is 11.1 Å². The Morgan fingerprint density at radius 1 is 1.12 bits per heavy atom. The molecule has 0 bridgehead atoms. The van der Waals surface area contributed by atoms with E-state index < -0.39 is 18.2 Å². The summed E-state index contributed by atoms with van der Waals surface area (Å²) in [5, 5.41) is 18.8. The van der Waals surface area contributed by atoms with Crippen LogP contribution in [-0.2, 0) is 16.1 Å². The zero-order chi connectivity index (χ0) is 25.3. The van der Waals surface area contributed by atoms with E-state index in [2.05, 4.69) is 41.1 Å². The molecular weight excluding hydrogens is 446 g/mol. The van der Waals surface area contributed by atoms with Crippen molar-refractivity contribution in [2.24, 2.45) is 5.41 Å². The second-order valence-corrected chi connectivity index (χ2v) is 12.4. The average Bonchev–Trinajstić information content (AvgIpc) is 3.34. The van der Waals surface area contributed by atoms with E-state index in [4.69, 9.17) is 0 Å². The number of nitrogens with zero attached hydrogens (tertiary/aromatic N) is 1. The zero-order valence-electron chi connectivity index (χ0n) is 21.4. The third kappa shape index (κ3) is 6.46. The number of hydrogen-bond donors (Lipinski definition) is 3. The SMILES string of the molecule is Cc1ccsc1-c1ccc(CNC(=O)[C@@H]2C[C@@H](O)CN2C(=O)[C@@H](NC(C)(C)C)C(C)(C)C)cc1. The molecule has 3 atom stereocenters. The molecule has 3 rings (SSSR count). The number of carbonyl (C=O) groups excluding carboxylic acids is 2. The van der Waals surface area contributed by atoms with Crippen LogP contribution in [0.15, 0.2) is 35.7 Å². The molecular formula is C27H39N3O3S. The second-order valence-electron chi connectivity index (χ2n) is 11.4. The van der Waals surface area contributed by atoms with E-state index >= 15 is 0 Å². The van der Waals surface area contributed by atoms with Crippen LogP contribution in [0.2, 0.25) is 0 Å². The van der Waals surface area contributed by atoms with Gasteiger partial charge in [0.1, 0.15) is 6.04 Å². The minimum absolute atomic E-state index is 0.144. The van der Waals surface area contributed by atoms with Crippen LogP contribution in [0.5, 0.6) is 0 Å². The Bertz CT molecular complexity index is 1000. The van der Waals surface area contributed by atoms with Crippen LogP contribution in [0.1, 0.15) is 59.1 Å². The second kappa shape index (κ2) is 10.2. The number of benzene rings is 1. The molecule has 0 unspecified atom stereocenters. The van der Waals surface area contributed by atoms with Gasteiger partial charge in [-0.15, -0.1) is 11.3 Å². The molecule has 2 aromatic rings. The summed E-state index contributed by atoms with van der Waals surface area (Å²) in [7, 11) is 0. The first-order chi connectivity index (χ1) is 15.8. The number of likely N-dealkylation sites (tertiary alicyclic amines) is 1. The number of carbonyl (C=O) groups is 2. The van der Waals surface area contributed by atoms with Gasteiger partial charge in [0.15, 0.2) is 0 Å². The molecule has 1 aliphatic rings. The molecule has 1 fully saturated rings. The summed E-state index contributed by atoms with van der Waals surface area (Å²) in [5.41, 5.74) is 2.80. The Labute approximate surface area is 207 Å². The van der Waals surface area contributed by atoms with E-state index in [-0.39, 0.29) is 35.7 Å². The molecule has 34 heavy (non-hydrogen) atoms. The van der Waals surface area contributed by atoms with Crippen LogP contribution in [0.25, 0.3) is 10.4 Å². The first-order valence-corrected chi connectivity index (χ1v) is 12.8. The molecule has 2 amide bonds. The summed E-state index contributed by atoms with van der Waals surface area (Å²) in [5.74, 6) is -0.374. The summed E-state index contributed by atoms with van der Waals surface area (Å²) in [6, 6.07) is 9.14. The number of aryl methyl sites for hydroxylation is 1. The lowest BCUT2D eigenvalue weighted by Gasteiger charge is -2.39. The van der Waals surface area contributed by atoms with Crippen molar-refractivity contribution in [1.82, 2.24) is 15.5 Å². The predicted molar refractivity (Wildman–Crippen MR) is 139 cm³/mol. The van der Waals surface area contributed by atoms with Crippen molar-refractivity contribution in [2.75, 3.05) is 6.54 Å². The Morgan fingerprint density at radius 3 is 2.29 bits per heavy atom. The fourth-order valence-corrected chi connectivity index (χ4v) is 5.24. The van der Waals surface area contributed by atoms with Crippen molar-refractivity contribution < 1.29 is 14.7 Å². The van der Waals surface area contributed by atoms with Crippen LogP contribution in [0.3, 0.4) is 0 Å². The Hall–Kier alpha value is -2.22. The third-order valence-corrected chi connectivity index (χ3v) is 7.17. The number of hydrogen-bond acceptors (Lipinski definition) is 5. The highest BCUT2D eigenvalue weighted by Crippen LogP contribution is 2.30. The third-order valence-electron chi connectivity index (χ3n) is 6.10. The highest BCUT2D eigenvalue weighted by molar-refractivity contribution is 7.13. The fraction of sp³-hybridized carbons (Fsp3) is 0.556. The van der Waals surface area contributed by atoms with Crippen molar-refractivity contribution in [3.63, 3.8) is 0 Å². The van der Waals surface area contributed by atoms with Gasteiger partial charge in [-0.3, -0.25) is 9.59 Å². The van der Waals surface area contributed by atoms with E-state index in [1.807, 2.05) is 53.7 Å². The minimum Gasteiger partial charge on any atom is -0.391 e. The van der Waals surface area contributed by atoms with Crippen molar-refractivity contribution in [1.29, 1.82) is 0 Å². The number of β-amino-alcohol motifs (C(OH)–C–C–N with tert-alkyl or cyclic N) is 1. The van der Waals surface area contributed by atoms with Gasteiger partial charge in [-0.05, 0) is 61.2 Å². The number of amides is 2. The van der Waals surface area contributed by atoms with Crippen molar-refractivity contribution in [2.45, 2.75) is 85.2 Å². The molecule has 2 heterocycles. The molecule has 3 N–H and O–H groups in total. The molecule has 1 saturated heterocycles. The van der Waals surface area contributed by atoms with Gasteiger partial charge in [-0.2, -0.15) is 0 Å². The monoisotopic (exact) mass is 485 g/mol. The van der Waals surface area contributed by atoms with Crippen LogP contribution in [-0.4, -0.2) is 52.1 Å². The van der Waals surface area contributed by atoms with Gasteiger partial charge in [0, 0.05) is 29.9 Å². The summed E-state index contributed by atoms with van der Waals surface area (Å²) in [6.07, 6.45) is -0.455. The first kappa shape index (κ1) is 26.4. The zero-order valence-corrected chi connectivity index (χ0v) is 22.3. The van der Waals surface area contributed by atoms with Crippen LogP contribution in [0, 0.1) is 12.3 Å². The van der Waals surface area contributed by atoms with Gasteiger partial charge >= 0.3 is 0 Å².